The van der Waals surface area contributed by atoms with E-state index in [-0.39, 0.29) is 17.8 Å². The SMILES string of the molecule is CN(c1ncnc2[nH]ccc12)C1CCC(CS(=O)(=O)N2CCC(O)CC2)CC1. The number of sulfonamides is 1. The minimum atomic E-state index is -3.23. The number of aromatic nitrogens is 3. The van der Waals surface area contributed by atoms with Crippen molar-refractivity contribution < 1.29 is 13.5 Å². The molecule has 1 aliphatic heterocycles. The van der Waals surface area contributed by atoms with Crippen LogP contribution >= 0.6 is 0 Å². The molecule has 0 aromatic carbocycles. The third kappa shape index (κ3) is 4.01. The largest absolute Gasteiger partial charge is 0.393 e. The van der Waals surface area contributed by atoms with Crippen molar-refractivity contribution in [1.29, 1.82) is 0 Å². The molecule has 1 aliphatic carbocycles. The Morgan fingerprint density at radius 3 is 2.61 bits per heavy atom. The summed E-state index contributed by atoms with van der Waals surface area (Å²) in [6.45, 7) is 0.893. The van der Waals surface area contributed by atoms with E-state index < -0.39 is 10.0 Å². The van der Waals surface area contributed by atoms with Crippen molar-refractivity contribution in [2.24, 2.45) is 5.92 Å². The zero-order valence-electron chi connectivity index (χ0n) is 16.3. The Balaban J connectivity index is 1.35. The number of piperidine rings is 1. The molecule has 1 saturated carbocycles. The molecule has 2 N–H and O–H groups in total. The van der Waals surface area contributed by atoms with Gasteiger partial charge >= 0.3 is 0 Å². The topological polar surface area (TPSA) is 102 Å². The Bertz CT molecular complexity index is 899. The summed E-state index contributed by atoms with van der Waals surface area (Å²) in [5.74, 6) is 1.36. The Hall–Kier alpha value is -1.71. The maximum Gasteiger partial charge on any atom is 0.214 e. The number of hydrogen-bond acceptors (Lipinski definition) is 6. The van der Waals surface area contributed by atoms with E-state index in [9.17, 15) is 13.5 Å². The first kappa shape index (κ1) is 19.6. The average Bonchev–Trinajstić information content (AvgIpc) is 3.17. The quantitative estimate of drug-likeness (QED) is 0.783. The Labute approximate surface area is 166 Å². The van der Waals surface area contributed by atoms with E-state index in [2.05, 4.69) is 26.9 Å². The summed E-state index contributed by atoms with van der Waals surface area (Å²) in [5.41, 5.74) is 0.836. The number of nitrogens with one attached hydrogen (secondary N) is 1. The zero-order chi connectivity index (χ0) is 19.7. The molecule has 0 atom stereocenters. The molecule has 0 radical (unpaired) electrons. The van der Waals surface area contributed by atoms with E-state index in [4.69, 9.17) is 0 Å². The highest BCUT2D eigenvalue weighted by Crippen LogP contribution is 2.32. The van der Waals surface area contributed by atoms with Crippen LogP contribution < -0.4 is 4.90 Å². The first-order valence-electron chi connectivity index (χ1n) is 10.1. The number of nitrogens with zero attached hydrogens (tertiary/aromatic N) is 4. The van der Waals surface area contributed by atoms with Crippen LogP contribution in [0.25, 0.3) is 11.0 Å². The van der Waals surface area contributed by atoms with Crippen molar-refractivity contribution in [3.8, 4) is 0 Å². The van der Waals surface area contributed by atoms with Gasteiger partial charge in [0.1, 0.15) is 17.8 Å². The molecule has 0 amide bonds. The van der Waals surface area contributed by atoms with Crippen molar-refractivity contribution in [2.45, 2.75) is 50.7 Å². The fourth-order valence-corrected chi connectivity index (χ4v) is 6.44. The van der Waals surface area contributed by atoms with E-state index >= 15 is 0 Å². The third-order valence-corrected chi connectivity index (χ3v) is 8.34. The molecule has 1 saturated heterocycles. The Morgan fingerprint density at radius 2 is 1.89 bits per heavy atom. The minimum absolute atomic E-state index is 0.208. The number of hydrogen-bond donors (Lipinski definition) is 2. The van der Waals surface area contributed by atoms with Crippen LogP contribution in [-0.4, -0.2) is 70.8 Å². The van der Waals surface area contributed by atoms with E-state index in [1.165, 1.54) is 0 Å². The molecule has 8 nitrogen and oxygen atoms in total. The van der Waals surface area contributed by atoms with Crippen molar-refractivity contribution >= 4 is 26.9 Å². The lowest BCUT2D eigenvalue weighted by molar-refractivity contribution is 0.113. The summed E-state index contributed by atoms with van der Waals surface area (Å²) in [4.78, 5) is 14.1. The number of anilines is 1. The lowest BCUT2D eigenvalue weighted by atomic mass is 9.86. The van der Waals surface area contributed by atoms with Gasteiger partial charge in [0.15, 0.2) is 0 Å². The second-order valence-electron chi connectivity index (χ2n) is 8.13. The van der Waals surface area contributed by atoms with Gasteiger partial charge < -0.3 is 15.0 Å². The normalized spacial score (nSPS) is 25.2. The molecule has 0 bridgehead atoms. The summed E-state index contributed by atoms with van der Waals surface area (Å²) in [5, 5.41) is 10.6. The number of rotatable bonds is 5. The van der Waals surface area contributed by atoms with Crippen LogP contribution in [0.1, 0.15) is 38.5 Å². The summed E-state index contributed by atoms with van der Waals surface area (Å²) in [6, 6.07) is 2.35. The molecule has 2 aliphatic rings. The standard InChI is InChI=1S/C19H29N5O3S/c1-23(19-17-6-9-20-18(17)21-13-22-19)15-4-2-14(3-5-15)12-28(26,27)24-10-7-16(25)8-11-24/h6,9,13-16,25H,2-5,7-8,10-12H2,1H3,(H,20,21,22). The van der Waals surface area contributed by atoms with E-state index in [0.717, 1.165) is 42.5 Å². The van der Waals surface area contributed by atoms with Crippen LogP contribution in [0.5, 0.6) is 0 Å². The molecular formula is C19H29N5O3S. The van der Waals surface area contributed by atoms with Crippen LogP contribution in [0.4, 0.5) is 5.82 Å². The van der Waals surface area contributed by atoms with Crippen LogP contribution in [0.2, 0.25) is 0 Å². The Morgan fingerprint density at radius 1 is 1.18 bits per heavy atom. The molecule has 28 heavy (non-hydrogen) atoms. The Kier molecular flexibility index (Phi) is 5.57. The average molecular weight is 408 g/mol. The van der Waals surface area contributed by atoms with Gasteiger partial charge in [0.25, 0.3) is 0 Å². The molecule has 9 heteroatoms. The lowest BCUT2D eigenvalue weighted by Crippen LogP contribution is -2.43. The van der Waals surface area contributed by atoms with E-state index in [1.54, 1.807) is 10.6 Å². The molecule has 2 fully saturated rings. The predicted octanol–water partition coefficient (Wildman–Crippen LogP) is 1.74. The molecule has 0 unspecified atom stereocenters. The van der Waals surface area contributed by atoms with Crippen molar-refractivity contribution in [3.05, 3.63) is 18.6 Å². The number of fused-ring (bicyclic) bond motifs is 1. The van der Waals surface area contributed by atoms with E-state index in [1.807, 2.05) is 12.3 Å². The lowest BCUT2D eigenvalue weighted by Gasteiger charge is -2.36. The number of aromatic amines is 1. The molecule has 4 rings (SSSR count). The molecule has 0 spiro atoms. The van der Waals surface area contributed by atoms with Gasteiger partial charge in [0.2, 0.25) is 10.0 Å². The van der Waals surface area contributed by atoms with Gasteiger partial charge in [-0.1, -0.05) is 0 Å². The summed E-state index contributed by atoms with van der Waals surface area (Å²) < 4.78 is 27.0. The third-order valence-electron chi connectivity index (χ3n) is 6.29. The molecule has 2 aromatic heterocycles. The fraction of sp³-hybridized carbons (Fsp3) is 0.684. The highest BCUT2D eigenvalue weighted by Gasteiger charge is 2.32. The summed E-state index contributed by atoms with van der Waals surface area (Å²) in [7, 11) is -1.17. The minimum Gasteiger partial charge on any atom is -0.393 e. The zero-order valence-corrected chi connectivity index (χ0v) is 17.1. The van der Waals surface area contributed by atoms with Gasteiger partial charge in [-0.2, -0.15) is 0 Å². The second kappa shape index (κ2) is 7.96. The highest BCUT2D eigenvalue weighted by atomic mass is 32.2. The molecule has 3 heterocycles. The monoisotopic (exact) mass is 407 g/mol. The fourth-order valence-electron chi connectivity index (χ4n) is 4.54. The smallest absolute Gasteiger partial charge is 0.214 e. The second-order valence-corrected chi connectivity index (χ2v) is 10.1. The predicted molar refractivity (Wildman–Crippen MR) is 109 cm³/mol. The van der Waals surface area contributed by atoms with Crippen LogP contribution in [-0.2, 0) is 10.0 Å². The van der Waals surface area contributed by atoms with Gasteiger partial charge in [-0.05, 0) is 50.5 Å². The van der Waals surface area contributed by atoms with E-state index in [0.29, 0.717) is 32.0 Å². The number of aliphatic hydroxyl groups is 1. The van der Waals surface area contributed by atoms with Crippen LogP contribution in [0.3, 0.4) is 0 Å². The maximum absolute atomic E-state index is 12.7. The first-order valence-corrected chi connectivity index (χ1v) is 11.7. The number of H-pyrrole nitrogens is 1. The van der Waals surface area contributed by atoms with Crippen molar-refractivity contribution in [2.75, 3.05) is 30.8 Å². The maximum atomic E-state index is 12.7. The van der Waals surface area contributed by atoms with Crippen LogP contribution in [0, 0.1) is 5.92 Å². The first-order chi connectivity index (χ1) is 13.4. The van der Waals surface area contributed by atoms with Gasteiger partial charge in [-0.15, -0.1) is 0 Å². The van der Waals surface area contributed by atoms with Crippen LogP contribution in [0.15, 0.2) is 18.6 Å². The molecular weight excluding hydrogens is 378 g/mol. The van der Waals surface area contributed by atoms with Gasteiger partial charge in [-0.3, -0.25) is 0 Å². The molecule has 154 valence electrons. The van der Waals surface area contributed by atoms with Gasteiger partial charge in [0, 0.05) is 32.4 Å². The number of aliphatic hydroxyl groups excluding tert-OH is 1. The van der Waals surface area contributed by atoms with Crippen molar-refractivity contribution in [3.63, 3.8) is 0 Å². The molecule has 2 aromatic rings. The summed E-state index contributed by atoms with van der Waals surface area (Å²) >= 11 is 0. The van der Waals surface area contributed by atoms with Gasteiger partial charge in [0.05, 0.1) is 17.2 Å². The van der Waals surface area contributed by atoms with Gasteiger partial charge in [-0.25, -0.2) is 22.7 Å². The van der Waals surface area contributed by atoms with Crippen molar-refractivity contribution in [1.82, 2.24) is 19.3 Å². The highest BCUT2D eigenvalue weighted by molar-refractivity contribution is 7.89. The summed E-state index contributed by atoms with van der Waals surface area (Å²) in [6.07, 6.45) is 7.93.